The first-order valence-electron chi connectivity index (χ1n) is 6.85. The predicted octanol–water partition coefficient (Wildman–Crippen LogP) is 2.56. The second-order valence-electron chi connectivity index (χ2n) is 4.91. The van der Waals surface area contributed by atoms with Gasteiger partial charge in [-0.2, -0.15) is 0 Å². The van der Waals surface area contributed by atoms with Crippen molar-refractivity contribution in [1.29, 1.82) is 0 Å². The maximum atomic E-state index is 12.2. The molecule has 2 heterocycles. The molecule has 0 bridgehead atoms. The SMILES string of the molecule is CCc1ncccc1NC(=O)c1cnc(C2CC2)nc1. The standard InChI is InChI=1S/C15H16N4O/c1-2-12-13(4-3-7-16-12)19-15(20)11-8-17-14(18-9-11)10-5-6-10/h3-4,7-10H,2,5-6H2,1H3,(H,19,20). The van der Waals surface area contributed by atoms with Crippen LogP contribution in [-0.4, -0.2) is 20.9 Å². The highest BCUT2D eigenvalue weighted by molar-refractivity contribution is 6.04. The molecule has 0 aromatic carbocycles. The highest BCUT2D eigenvalue weighted by Gasteiger charge is 2.26. The van der Waals surface area contributed by atoms with Gasteiger partial charge in [-0.05, 0) is 31.4 Å². The first-order chi connectivity index (χ1) is 9.78. The highest BCUT2D eigenvalue weighted by atomic mass is 16.1. The molecular weight excluding hydrogens is 252 g/mol. The van der Waals surface area contributed by atoms with E-state index in [9.17, 15) is 4.79 Å². The summed E-state index contributed by atoms with van der Waals surface area (Å²) in [6, 6.07) is 3.66. The number of rotatable bonds is 4. The quantitative estimate of drug-likeness (QED) is 0.925. The van der Waals surface area contributed by atoms with Gasteiger partial charge in [0.15, 0.2) is 0 Å². The summed E-state index contributed by atoms with van der Waals surface area (Å²) < 4.78 is 0. The molecule has 1 saturated carbocycles. The number of carbonyl (C=O) groups is 1. The van der Waals surface area contributed by atoms with Crippen LogP contribution >= 0.6 is 0 Å². The second kappa shape index (κ2) is 5.36. The van der Waals surface area contributed by atoms with E-state index < -0.39 is 0 Å². The minimum absolute atomic E-state index is 0.199. The molecule has 102 valence electrons. The van der Waals surface area contributed by atoms with Gasteiger partial charge in [-0.25, -0.2) is 9.97 Å². The number of carbonyl (C=O) groups excluding carboxylic acids is 1. The van der Waals surface area contributed by atoms with Crippen molar-refractivity contribution in [3.63, 3.8) is 0 Å². The van der Waals surface area contributed by atoms with Gasteiger partial charge in [0, 0.05) is 24.5 Å². The Bertz CT molecular complexity index is 620. The zero-order chi connectivity index (χ0) is 13.9. The van der Waals surface area contributed by atoms with Crippen LogP contribution in [0.15, 0.2) is 30.7 Å². The molecule has 1 N–H and O–H groups in total. The Labute approximate surface area is 117 Å². The van der Waals surface area contributed by atoms with Gasteiger partial charge < -0.3 is 5.32 Å². The molecule has 5 nitrogen and oxygen atoms in total. The maximum absolute atomic E-state index is 12.2. The van der Waals surface area contributed by atoms with E-state index in [4.69, 9.17) is 0 Å². The Morgan fingerprint density at radius 1 is 1.30 bits per heavy atom. The summed E-state index contributed by atoms with van der Waals surface area (Å²) in [6.45, 7) is 2.01. The fraction of sp³-hybridized carbons (Fsp3) is 0.333. The lowest BCUT2D eigenvalue weighted by atomic mass is 10.2. The summed E-state index contributed by atoms with van der Waals surface area (Å²) in [6.07, 6.45) is 7.99. The Balaban J connectivity index is 1.75. The molecule has 0 radical (unpaired) electrons. The molecular formula is C15H16N4O. The Morgan fingerprint density at radius 2 is 2.05 bits per heavy atom. The third-order valence-corrected chi connectivity index (χ3v) is 3.35. The number of amides is 1. The Morgan fingerprint density at radius 3 is 2.70 bits per heavy atom. The number of aryl methyl sites for hydroxylation is 1. The van der Waals surface area contributed by atoms with Crippen molar-refractivity contribution >= 4 is 11.6 Å². The summed E-state index contributed by atoms with van der Waals surface area (Å²) in [5, 5.41) is 2.86. The van der Waals surface area contributed by atoms with Crippen LogP contribution < -0.4 is 5.32 Å². The van der Waals surface area contributed by atoms with Gasteiger partial charge >= 0.3 is 0 Å². The number of anilines is 1. The Hall–Kier alpha value is -2.30. The van der Waals surface area contributed by atoms with Gasteiger partial charge in [0.05, 0.1) is 16.9 Å². The third-order valence-electron chi connectivity index (χ3n) is 3.35. The number of nitrogens with zero attached hydrogens (tertiary/aromatic N) is 3. The lowest BCUT2D eigenvalue weighted by Crippen LogP contribution is -2.14. The van der Waals surface area contributed by atoms with E-state index in [0.717, 1.165) is 36.5 Å². The van der Waals surface area contributed by atoms with Crippen molar-refractivity contribution in [2.45, 2.75) is 32.1 Å². The lowest BCUT2D eigenvalue weighted by Gasteiger charge is -2.08. The zero-order valence-corrected chi connectivity index (χ0v) is 11.3. The molecule has 0 saturated heterocycles. The monoisotopic (exact) mass is 268 g/mol. The van der Waals surface area contributed by atoms with Crippen molar-refractivity contribution in [1.82, 2.24) is 15.0 Å². The summed E-state index contributed by atoms with van der Waals surface area (Å²) in [5.74, 6) is 1.14. The van der Waals surface area contributed by atoms with Gasteiger partial charge in [-0.3, -0.25) is 9.78 Å². The molecule has 5 heteroatoms. The van der Waals surface area contributed by atoms with E-state index in [1.807, 2.05) is 19.1 Å². The predicted molar refractivity (Wildman–Crippen MR) is 75.6 cm³/mol. The molecule has 2 aromatic rings. The summed E-state index contributed by atoms with van der Waals surface area (Å²) >= 11 is 0. The van der Waals surface area contributed by atoms with Crippen molar-refractivity contribution in [2.75, 3.05) is 5.32 Å². The van der Waals surface area contributed by atoms with Gasteiger partial charge in [0.1, 0.15) is 5.82 Å². The average molecular weight is 268 g/mol. The van der Waals surface area contributed by atoms with Gasteiger partial charge in [-0.15, -0.1) is 0 Å². The van der Waals surface area contributed by atoms with Crippen LogP contribution in [0, 0.1) is 0 Å². The molecule has 20 heavy (non-hydrogen) atoms. The topological polar surface area (TPSA) is 67.8 Å². The van der Waals surface area contributed by atoms with E-state index in [1.54, 1.807) is 18.6 Å². The maximum Gasteiger partial charge on any atom is 0.258 e. The first-order valence-corrected chi connectivity index (χ1v) is 6.85. The van der Waals surface area contributed by atoms with E-state index in [1.165, 1.54) is 0 Å². The summed E-state index contributed by atoms with van der Waals surface area (Å²) in [5.41, 5.74) is 2.09. The number of hydrogen-bond acceptors (Lipinski definition) is 4. The van der Waals surface area contributed by atoms with E-state index >= 15 is 0 Å². The van der Waals surface area contributed by atoms with Crippen LogP contribution in [0.5, 0.6) is 0 Å². The molecule has 3 rings (SSSR count). The number of hydrogen-bond donors (Lipinski definition) is 1. The van der Waals surface area contributed by atoms with Crippen LogP contribution in [0.2, 0.25) is 0 Å². The third kappa shape index (κ3) is 2.66. The normalized spacial score (nSPS) is 14.1. The van der Waals surface area contributed by atoms with E-state index in [2.05, 4.69) is 20.3 Å². The Kier molecular flexibility index (Phi) is 3.41. The highest BCUT2D eigenvalue weighted by Crippen LogP contribution is 2.37. The minimum atomic E-state index is -0.199. The molecule has 1 amide bonds. The molecule has 0 aliphatic heterocycles. The minimum Gasteiger partial charge on any atom is -0.320 e. The van der Waals surface area contributed by atoms with E-state index in [-0.39, 0.29) is 5.91 Å². The van der Waals surface area contributed by atoms with Crippen LogP contribution in [0.1, 0.15) is 47.6 Å². The zero-order valence-electron chi connectivity index (χ0n) is 11.3. The van der Waals surface area contributed by atoms with Gasteiger partial charge in [0.2, 0.25) is 0 Å². The van der Waals surface area contributed by atoms with Crippen LogP contribution in [-0.2, 0) is 6.42 Å². The fourth-order valence-corrected chi connectivity index (χ4v) is 2.04. The van der Waals surface area contributed by atoms with Gasteiger partial charge in [0.25, 0.3) is 5.91 Å². The second-order valence-corrected chi connectivity index (χ2v) is 4.91. The van der Waals surface area contributed by atoms with Crippen molar-refractivity contribution < 1.29 is 4.79 Å². The molecule has 1 fully saturated rings. The number of aromatic nitrogens is 3. The number of pyridine rings is 1. The molecule has 2 aromatic heterocycles. The average Bonchev–Trinajstić information content (AvgIpc) is 3.32. The lowest BCUT2D eigenvalue weighted by molar-refractivity contribution is 0.102. The fourth-order valence-electron chi connectivity index (χ4n) is 2.04. The molecule has 1 aliphatic carbocycles. The largest absolute Gasteiger partial charge is 0.320 e. The smallest absolute Gasteiger partial charge is 0.258 e. The molecule has 1 aliphatic rings. The van der Waals surface area contributed by atoms with Crippen molar-refractivity contribution in [3.05, 3.63) is 47.8 Å². The summed E-state index contributed by atoms with van der Waals surface area (Å²) in [7, 11) is 0. The molecule has 0 unspecified atom stereocenters. The number of nitrogens with one attached hydrogen (secondary N) is 1. The van der Waals surface area contributed by atoms with Crippen molar-refractivity contribution in [2.24, 2.45) is 0 Å². The first kappa shape index (κ1) is 12.7. The van der Waals surface area contributed by atoms with E-state index in [0.29, 0.717) is 11.5 Å². The van der Waals surface area contributed by atoms with Crippen LogP contribution in [0.3, 0.4) is 0 Å². The van der Waals surface area contributed by atoms with Crippen molar-refractivity contribution in [3.8, 4) is 0 Å². The molecule has 0 spiro atoms. The van der Waals surface area contributed by atoms with Gasteiger partial charge in [-0.1, -0.05) is 6.92 Å². The van der Waals surface area contributed by atoms with Crippen LogP contribution in [0.25, 0.3) is 0 Å². The van der Waals surface area contributed by atoms with Crippen LogP contribution in [0.4, 0.5) is 5.69 Å². The summed E-state index contributed by atoms with van der Waals surface area (Å²) in [4.78, 5) is 24.9. The molecule has 0 atom stereocenters.